The van der Waals surface area contributed by atoms with Gasteiger partial charge in [0.05, 0.1) is 0 Å². The highest BCUT2D eigenvalue weighted by molar-refractivity contribution is 9.09. The summed E-state index contributed by atoms with van der Waals surface area (Å²) in [6, 6.07) is 8.25. The van der Waals surface area contributed by atoms with Crippen molar-refractivity contribution >= 4 is 21.6 Å². The number of anilines is 1. The largest absolute Gasteiger partial charge is 0.378 e. The van der Waals surface area contributed by atoms with E-state index in [1.807, 2.05) is 26.2 Å². The molecule has 0 N–H and O–H groups in total. The molecule has 0 fully saturated rings. The topological polar surface area (TPSA) is 3.24 Å². The monoisotopic (exact) mass is 251 g/mol. The fourth-order valence-electron chi connectivity index (χ4n) is 1.07. The average Bonchev–Trinajstić information content (AvgIpc) is 2.19. The summed E-state index contributed by atoms with van der Waals surface area (Å²) in [7, 11) is 4.07. The minimum absolute atomic E-state index is 0.895. The van der Waals surface area contributed by atoms with Crippen LogP contribution in [0.1, 0.15) is 12.0 Å². The Kier molecular flexibility index (Phi) is 4.55. The van der Waals surface area contributed by atoms with E-state index in [-0.39, 0.29) is 0 Å². The highest BCUT2D eigenvalue weighted by atomic mass is 79.9. The van der Waals surface area contributed by atoms with Crippen LogP contribution in [0.4, 0.5) is 5.69 Å². The van der Waals surface area contributed by atoms with Gasteiger partial charge < -0.3 is 4.90 Å². The predicted octanol–water partition coefficient (Wildman–Crippen LogP) is 2.89. The molecule has 0 saturated heterocycles. The van der Waals surface area contributed by atoms with Crippen molar-refractivity contribution in [2.24, 2.45) is 0 Å². The van der Waals surface area contributed by atoms with Gasteiger partial charge in [-0.1, -0.05) is 33.8 Å². The summed E-state index contributed by atoms with van der Waals surface area (Å²) < 4.78 is 0. The lowest BCUT2D eigenvalue weighted by molar-refractivity contribution is 1.13. The molecule has 14 heavy (non-hydrogen) atoms. The Morgan fingerprint density at radius 2 is 2.14 bits per heavy atom. The van der Waals surface area contributed by atoms with Gasteiger partial charge >= 0.3 is 0 Å². The molecule has 0 unspecified atom stereocenters. The lowest BCUT2D eigenvalue weighted by Gasteiger charge is -2.11. The van der Waals surface area contributed by atoms with Crippen molar-refractivity contribution < 1.29 is 0 Å². The highest BCUT2D eigenvalue weighted by Crippen LogP contribution is 2.12. The zero-order chi connectivity index (χ0) is 10.4. The third kappa shape index (κ3) is 3.43. The van der Waals surface area contributed by atoms with Gasteiger partial charge in [0.1, 0.15) is 0 Å². The summed E-state index contributed by atoms with van der Waals surface area (Å²) in [6.07, 6.45) is 0.895. The molecule has 0 aliphatic carbocycles. The number of alkyl halides is 1. The lowest BCUT2D eigenvalue weighted by Crippen LogP contribution is -2.08. The molecule has 1 aromatic carbocycles. The minimum Gasteiger partial charge on any atom is -0.378 e. The van der Waals surface area contributed by atoms with E-state index in [2.05, 4.69) is 44.8 Å². The average molecular weight is 252 g/mol. The third-order valence-corrected chi connectivity index (χ3v) is 2.21. The molecule has 0 aromatic heterocycles. The first-order valence-electron chi connectivity index (χ1n) is 4.56. The van der Waals surface area contributed by atoms with Gasteiger partial charge in [0.2, 0.25) is 0 Å². The van der Waals surface area contributed by atoms with Crippen LogP contribution in [0, 0.1) is 11.8 Å². The maximum atomic E-state index is 3.35. The summed E-state index contributed by atoms with van der Waals surface area (Å²) in [6.45, 7) is 0. The number of hydrogen-bond donors (Lipinski definition) is 0. The van der Waals surface area contributed by atoms with E-state index >= 15 is 0 Å². The van der Waals surface area contributed by atoms with Crippen LogP contribution in [0.2, 0.25) is 0 Å². The van der Waals surface area contributed by atoms with Crippen molar-refractivity contribution in [3.63, 3.8) is 0 Å². The van der Waals surface area contributed by atoms with E-state index < -0.39 is 0 Å². The molecule has 74 valence electrons. The van der Waals surface area contributed by atoms with Crippen LogP contribution in [0.3, 0.4) is 0 Å². The SMILES string of the molecule is CN(C)c1cccc(C#CCCBr)c1. The molecule has 0 saturated carbocycles. The lowest BCUT2D eigenvalue weighted by atomic mass is 10.2. The zero-order valence-electron chi connectivity index (χ0n) is 8.55. The second-order valence-corrected chi connectivity index (χ2v) is 3.98. The molecular weight excluding hydrogens is 238 g/mol. The number of halogens is 1. The van der Waals surface area contributed by atoms with Gasteiger partial charge in [0.25, 0.3) is 0 Å². The maximum Gasteiger partial charge on any atom is 0.0373 e. The van der Waals surface area contributed by atoms with Crippen LogP contribution in [0.25, 0.3) is 0 Å². The molecule has 0 aliphatic rings. The number of benzene rings is 1. The van der Waals surface area contributed by atoms with E-state index in [4.69, 9.17) is 0 Å². The van der Waals surface area contributed by atoms with E-state index in [9.17, 15) is 0 Å². The van der Waals surface area contributed by atoms with Crippen molar-refractivity contribution in [1.82, 2.24) is 0 Å². The van der Waals surface area contributed by atoms with Gasteiger partial charge in [0, 0.05) is 37.1 Å². The van der Waals surface area contributed by atoms with Crippen molar-refractivity contribution in [1.29, 1.82) is 0 Å². The maximum absolute atomic E-state index is 3.35. The summed E-state index contributed by atoms with van der Waals surface area (Å²) >= 11 is 3.35. The summed E-state index contributed by atoms with van der Waals surface area (Å²) in [4.78, 5) is 2.08. The fraction of sp³-hybridized carbons (Fsp3) is 0.333. The van der Waals surface area contributed by atoms with Crippen LogP contribution in [-0.4, -0.2) is 19.4 Å². The number of rotatable bonds is 2. The van der Waals surface area contributed by atoms with Crippen LogP contribution in [0.5, 0.6) is 0 Å². The Morgan fingerprint density at radius 1 is 1.36 bits per heavy atom. The quantitative estimate of drug-likeness (QED) is 0.578. The molecule has 1 rings (SSSR count). The number of nitrogens with zero attached hydrogens (tertiary/aromatic N) is 1. The van der Waals surface area contributed by atoms with E-state index in [0.717, 1.165) is 17.3 Å². The smallest absolute Gasteiger partial charge is 0.0373 e. The van der Waals surface area contributed by atoms with E-state index in [1.165, 1.54) is 5.69 Å². The van der Waals surface area contributed by atoms with Gasteiger partial charge in [-0.3, -0.25) is 0 Å². The molecule has 0 heterocycles. The van der Waals surface area contributed by atoms with Crippen LogP contribution >= 0.6 is 15.9 Å². The van der Waals surface area contributed by atoms with Gasteiger partial charge in [0.15, 0.2) is 0 Å². The Bertz CT molecular complexity index is 347. The van der Waals surface area contributed by atoms with E-state index in [0.29, 0.717) is 0 Å². The van der Waals surface area contributed by atoms with E-state index in [1.54, 1.807) is 0 Å². The van der Waals surface area contributed by atoms with Gasteiger partial charge in [-0.15, -0.1) is 0 Å². The molecule has 0 radical (unpaired) electrons. The summed E-state index contributed by atoms with van der Waals surface area (Å²) in [5, 5.41) is 0.938. The van der Waals surface area contributed by atoms with Gasteiger partial charge in [-0.05, 0) is 18.2 Å². The van der Waals surface area contributed by atoms with Crippen LogP contribution in [0.15, 0.2) is 24.3 Å². The van der Waals surface area contributed by atoms with Crippen LogP contribution < -0.4 is 4.90 Å². The van der Waals surface area contributed by atoms with Crippen molar-refractivity contribution in [3.8, 4) is 11.8 Å². The molecule has 2 heteroatoms. The third-order valence-electron chi connectivity index (χ3n) is 1.81. The molecule has 0 bridgehead atoms. The molecule has 0 atom stereocenters. The Labute approximate surface area is 94.2 Å². The zero-order valence-corrected chi connectivity index (χ0v) is 10.1. The van der Waals surface area contributed by atoms with Crippen molar-refractivity contribution in [2.45, 2.75) is 6.42 Å². The fourth-order valence-corrected chi connectivity index (χ4v) is 1.27. The Morgan fingerprint density at radius 3 is 2.79 bits per heavy atom. The van der Waals surface area contributed by atoms with Crippen molar-refractivity contribution in [3.05, 3.63) is 29.8 Å². The van der Waals surface area contributed by atoms with Gasteiger partial charge in [-0.2, -0.15) is 0 Å². The summed E-state index contributed by atoms with van der Waals surface area (Å²) in [5.41, 5.74) is 2.27. The second kappa shape index (κ2) is 5.72. The predicted molar refractivity (Wildman–Crippen MR) is 66.1 cm³/mol. The molecule has 1 aromatic rings. The molecule has 0 amide bonds. The second-order valence-electron chi connectivity index (χ2n) is 3.19. The van der Waals surface area contributed by atoms with Crippen LogP contribution in [-0.2, 0) is 0 Å². The minimum atomic E-state index is 0.895. The Balaban J connectivity index is 2.80. The first-order valence-corrected chi connectivity index (χ1v) is 5.68. The van der Waals surface area contributed by atoms with Crippen molar-refractivity contribution in [2.75, 3.05) is 24.3 Å². The normalized spacial score (nSPS) is 9.07. The molecule has 1 nitrogen and oxygen atoms in total. The highest BCUT2D eigenvalue weighted by Gasteiger charge is 1.94. The molecular formula is C12H14BrN. The Hall–Kier alpha value is -0.940. The molecule has 0 aliphatic heterocycles. The first-order chi connectivity index (χ1) is 6.74. The van der Waals surface area contributed by atoms with Gasteiger partial charge in [-0.25, -0.2) is 0 Å². The summed E-state index contributed by atoms with van der Waals surface area (Å²) in [5.74, 6) is 6.24. The number of hydrogen-bond acceptors (Lipinski definition) is 1. The standard InChI is InChI=1S/C12H14BrN/c1-14(2)12-8-5-7-11(10-12)6-3-4-9-13/h5,7-8,10H,4,9H2,1-2H3. The first kappa shape index (κ1) is 11.1. The molecule has 0 spiro atoms.